The van der Waals surface area contributed by atoms with Crippen molar-refractivity contribution in [1.82, 2.24) is 0 Å². The largest absolute Gasteiger partial charge is 0.425 e. The van der Waals surface area contributed by atoms with E-state index in [2.05, 4.69) is 0 Å². The van der Waals surface area contributed by atoms with Gasteiger partial charge in [0.1, 0.15) is 5.75 Å². The Hall–Kier alpha value is -1.02. The minimum atomic E-state index is -0.246. The molecule has 0 aliphatic heterocycles. The molecule has 80 valence electrons. The molecule has 0 bridgehead atoms. The number of carbonyl (C=O) groups excluding carboxylic acids is 1. The van der Waals surface area contributed by atoms with E-state index in [1.165, 1.54) is 18.4 Å². The second-order valence-corrected chi connectivity index (χ2v) is 4.20. The van der Waals surface area contributed by atoms with Crippen LogP contribution >= 0.6 is 11.6 Å². The summed E-state index contributed by atoms with van der Waals surface area (Å²) in [5, 5.41) is 0.501. The molecule has 1 saturated carbocycles. The maximum absolute atomic E-state index is 11.1. The lowest BCUT2D eigenvalue weighted by molar-refractivity contribution is -0.134. The molecule has 0 spiro atoms. The third-order valence-electron chi connectivity index (χ3n) is 2.52. The average molecular weight is 225 g/mol. The molecule has 3 heteroatoms. The second-order valence-electron chi connectivity index (χ2n) is 3.79. The first-order chi connectivity index (χ1) is 7.20. The van der Waals surface area contributed by atoms with Crippen LogP contribution in [0.1, 0.15) is 37.7 Å². The standard InChI is InChI=1S/C12H13ClO2/c1-2-12(14)15-11-7-9(8-3-4-8)5-6-10(11)13/h5-8H,2-4H2,1H3. The highest BCUT2D eigenvalue weighted by atomic mass is 35.5. The Morgan fingerprint density at radius 1 is 1.53 bits per heavy atom. The predicted molar refractivity (Wildman–Crippen MR) is 59.4 cm³/mol. The third kappa shape index (κ3) is 2.51. The fourth-order valence-corrected chi connectivity index (χ4v) is 1.62. The highest BCUT2D eigenvalue weighted by Crippen LogP contribution is 2.42. The van der Waals surface area contributed by atoms with Crippen molar-refractivity contribution in [2.24, 2.45) is 0 Å². The molecule has 2 nitrogen and oxygen atoms in total. The van der Waals surface area contributed by atoms with Gasteiger partial charge in [-0.25, -0.2) is 0 Å². The number of rotatable bonds is 3. The summed E-state index contributed by atoms with van der Waals surface area (Å²) >= 11 is 5.95. The molecule has 1 aromatic rings. The lowest BCUT2D eigenvalue weighted by Crippen LogP contribution is -2.06. The first kappa shape index (κ1) is 10.5. The molecule has 0 aromatic heterocycles. The van der Waals surface area contributed by atoms with Crippen molar-refractivity contribution in [2.45, 2.75) is 32.1 Å². The topological polar surface area (TPSA) is 26.3 Å². The van der Waals surface area contributed by atoms with Crippen LogP contribution in [0.5, 0.6) is 5.75 Å². The summed E-state index contributed by atoms with van der Waals surface area (Å²) in [7, 11) is 0. The Morgan fingerprint density at radius 3 is 2.87 bits per heavy atom. The predicted octanol–water partition coefficient (Wildman–Crippen LogP) is 3.53. The van der Waals surface area contributed by atoms with Crippen LogP contribution in [0.2, 0.25) is 5.02 Å². The number of hydrogen-bond acceptors (Lipinski definition) is 2. The van der Waals surface area contributed by atoms with Crippen molar-refractivity contribution < 1.29 is 9.53 Å². The third-order valence-corrected chi connectivity index (χ3v) is 2.83. The molecule has 0 N–H and O–H groups in total. The fraction of sp³-hybridized carbons (Fsp3) is 0.417. The van der Waals surface area contributed by atoms with E-state index in [0.717, 1.165) is 0 Å². The van der Waals surface area contributed by atoms with Gasteiger partial charge in [0.05, 0.1) is 5.02 Å². The van der Waals surface area contributed by atoms with Crippen molar-refractivity contribution in [2.75, 3.05) is 0 Å². The van der Waals surface area contributed by atoms with Gasteiger partial charge >= 0.3 is 5.97 Å². The number of benzene rings is 1. The number of hydrogen-bond donors (Lipinski definition) is 0. The van der Waals surface area contributed by atoms with Crippen LogP contribution in [0.4, 0.5) is 0 Å². The number of halogens is 1. The average Bonchev–Trinajstić information content (AvgIpc) is 3.04. The molecule has 0 heterocycles. The van der Waals surface area contributed by atoms with Gasteiger partial charge in [-0.15, -0.1) is 0 Å². The maximum atomic E-state index is 11.1. The molecule has 2 rings (SSSR count). The van der Waals surface area contributed by atoms with Crippen molar-refractivity contribution in [3.8, 4) is 5.75 Å². The van der Waals surface area contributed by atoms with Crippen LogP contribution in [0.25, 0.3) is 0 Å². The van der Waals surface area contributed by atoms with Crippen LogP contribution < -0.4 is 4.74 Å². The van der Waals surface area contributed by atoms with Crippen LogP contribution in [0, 0.1) is 0 Å². The Balaban J connectivity index is 2.20. The van der Waals surface area contributed by atoms with Crippen LogP contribution in [-0.4, -0.2) is 5.97 Å². The van der Waals surface area contributed by atoms with Crippen molar-refractivity contribution in [3.63, 3.8) is 0 Å². The van der Waals surface area contributed by atoms with Gasteiger partial charge in [0.15, 0.2) is 0 Å². The zero-order valence-electron chi connectivity index (χ0n) is 8.63. The molecule has 15 heavy (non-hydrogen) atoms. The lowest BCUT2D eigenvalue weighted by atomic mass is 10.1. The molecule has 0 saturated heterocycles. The van der Waals surface area contributed by atoms with E-state index in [1.807, 2.05) is 12.1 Å². The quantitative estimate of drug-likeness (QED) is 0.580. The van der Waals surface area contributed by atoms with E-state index in [9.17, 15) is 4.79 Å². The van der Waals surface area contributed by atoms with Gasteiger partial charge in [-0.3, -0.25) is 4.79 Å². The van der Waals surface area contributed by atoms with Crippen molar-refractivity contribution in [3.05, 3.63) is 28.8 Å². The second kappa shape index (κ2) is 4.23. The van der Waals surface area contributed by atoms with Gasteiger partial charge in [-0.1, -0.05) is 24.6 Å². The molecule has 0 amide bonds. The lowest BCUT2D eigenvalue weighted by Gasteiger charge is -2.07. The molecule has 1 aromatic carbocycles. The Kier molecular flexibility index (Phi) is 2.96. The Morgan fingerprint density at radius 2 is 2.27 bits per heavy atom. The van der Waals surface area contributed by atoms with Gasteiger partial charge in [0, 0.05) is 6.42 Å². The van der Waals surface area contributed by atoms with E-state index in [4.69, 9.17) is 16.3 Å². The molecule has 0 radical (unpaired) electrons. The highest BCUT2D eigenvalue weighted by Gasteiger charge is 2.24. The monoisotopic (exact) mass is 224 g/mol. The SMILES string of the molecule is CCC(=O)Oc1cc(C2CC2)ccc1Cl. The summed E-state index contributed by atoms with van der Waals surface area (Å²) in [6, 6.07) is 5.68. The van der Waals surface area contributed by atoms with E-state index in [0.29, 0.717) is 23.1 Å². The summed E-state index contributed by atoms with van der Waals surface area (Å²) in [5.74, 6) is 0.888. The number of esters is 1. The molecule has 0 unspecified atom stereocenters. The Labute approximate surface area is 94.2 Å². The molecule has 0 atom stereocenters. The number of carbonyl (C=O) groups is 1. The van der Waals surface area contributed by atoms with Gasteiger partial charge in [0.2, 0.25) is 0 Å². The van der Waals surface area contributed by atoms with Crippen molar-refractivity contribution >= 4 is 17.6 Å². The fourth-order valence-electron chi connectivity index (χ4n) is 1.46. The van der Waals surface area contributed by atoms with Crippen LogP contribution in [0.3, 0.4) is 0 Å². The van der Waals surface area contributed by atoms with Gasteiger partial charge in [-0.05, 0) is 36.5 Å². The van der Waals surface area contributed by atoms with E-state index < -0.39 is 0 Å². The van der Waals surface area contributed by atoms with Gasteiger partial charge in [-0.2, -0.15) is 0 Å². The minimum absolute atomic E-state index is 0.246. The Bertz CT molecular complexity index is 383. The highest BCUT2D eigenvalue weighted by molar-refractivity contribution is 6.32. The first-order valence-electron chi connectivity index (χ1n) is 5.21. The zero-order chi connectivity index (χ0) is 10.8. The minimum Gasteiger partial charge on any atom is -0.425 e. The van der Waals surface area contributed by atoms with Crippen molar-refractivity contribution in [1.29, 1.82) is 0 Å². The molecule has 1 fully saturated rings. The maximum Gasteiger partial charge on any atom is 0.310 e. The van der Waals surface area contributed by atoms with E-state index in [1.54, 1.807) is 13.0 Å². The zero-order valence-corrected chi connectivity index (χ0v) is 9.38. The summed E-state index contributed by atoms with van der Waals surface area (Å²) in [6.45, 7) is 1.76. The molecule has 1 aliphatic rings. The van der Waals surface area contributed by atoms with Crippen LogP contribution in [0.15, 0.2) is 18.2 Å². The molecular weight excluding hydrogens is 212 g/mol. The van der Waals surface area contributed by atoms with Gasteiger partial charge < -0.3 is 4.74 Å². The summed E-state index contributed by atoms with van der Waals surface area (Å²) in [5.41, 5.74) is 1.22. The first-order valence-corrected chi connectivity index (χ1v) is 5.58. The summed E-state index contributed by atoms with van der Waals surface area (Å²) in [4.78, 5) is 11.1. The van der Waals surface area contributed by atoms with E-state index >= 15 is 0 Å². The molecule has 1 aliphatic carbocycles. The van der Waals surface area contributed by atoms with Gasteiger partial charge in [0.25, 0.3) is 0 Å². The summed E-state index contributed by atoms with van der Waals surface area (Å²) in [6.07, 6.45) is 2.82. The van der Waals surface area contributed by atoms with Crippen LogP contribution in [-0.2, 0) is 4.79 Å². The molecular formula is C12H13ClO2. The number of ether oxygens (including phenoxy) is 1. The smallest absolute Gasteiger partial charge is 0.310 e. The normalized spacial score (nSPS) is 15.1. The van der Waals surface area contributed by atoms with E-state index in [-0.39, 0.29) is 5.97 Å². The summed E-state index contributed by atoms with van der Waals surface area (Å²) < 4.78 is 5.14.